The van der Waals surface area contributed by atoms with Crippen molar-refractivity contribution in [2.75, 3.05) is 12.1 Å². The molecule has 0 fully saturated rings. The number of hydrogen-bond acceptors (Lipinski definition) is 4. The first-order valence-corrected chi connectivity index (χ1v) is 7.71. The second-order valence-electron chi connectivity index (χ2n) is 5.95. The van der Waals surface area contributed by atoms with Gasteiger partial charge in [0.05, 0.1) is 0 Å². The summed E-state index contributed by atoms with van der Waals surface area (Å²) in [5.74, 6) is 0.783. The summed E-state index contributed by atoms with van der Waals surface area (Å²) in [7, 11) is 0. The molecule has 2 aromatic rings. The zero-order valence-electron chi connectivity index (χ0n) is 13.1. The van der Waals surface area contributed by atoms with Gasteiger partial charge in [-0.1, -0.05) is 17.7 Å². The Hall–Kier alpha value is -3.02. The van der Waals surface area contributed by atoms with Crippen molar-refractivity contribution in [3.05, 3.63) is 53.1 Å². The lowest BCUT2D eigenvalue weighted by atomic mass is 9.98. The minimum Gasteiger partial charge on any atom is -0.454 e. The van der Waals surface area contributed by atoms with Crippen LogP contribution >= 0.6 is 0 Å². The van der Waals surface area contributed by atoms with E-state index in [-0.39, 0.29) is 18.6 Å². The maximum Gasteiger partial charge on any atom is 0.251 e. The van der Waals surface area contributed by atoms with Gasteiger partial charge in [0, 0.05) is 23.7 Å². The van der Waals surface area contributed by atoms with Crippen LogP contribution in [0.5, 0.6) is 11.5 Å². The van der Waals surface area contributed by atoms with E-state index >= 15 is 0 Å². The molecule has 122 valence electrons. The molecule has 0 radical (unpaired) electrons. The Balaban J connectivity index is 1.54. The van der Waals surface area contributed by atoms with E-state index in [0.29, 0.717) is 29.2 Å². The summed E-state index contributed by atoms with van der Waals surface area (Å²) in [6.07, 6.45) is 0.412. The normalized spacial score (nSPS) is 17.9. The minimum atomic E-state index is -0.619. The number of fused-ring (bicyclic) bond motifs is 2. The van der Waals surface area contributed by atoms with Crippen molar-refractivity contribution in [1.29, 1.82) is 0 Å². The number of carbonyl (C=O) groups is 2. The molecule has 24 heavy (non-hydrogen) atoms. The highest BCUT2D eigenvalue weighted by molar-refractivity contribution is 6.03. The molecule has 4 rings (SSSR count). The number of nitrogens with one attached hydrogen (secondary N) is 2. The third-order valence-electron chi connectivity index (χ3n) is 4.22. The number of anilines is 1. The predicted molar refractivity (Wildman–Crippen MR) is 87.3 cm³/mol. The topological polar surface area (TPSA) is 76.7 Å². The third-order valence-corrected chi connectivity index (χ3v) is 4.22. The van der Waals surface area contributed by atoms with E-state index in [0.717, 1.165) is 11.1 Å². The van der Waals surface area contributed by atoms with Crippen LogP contribution in [0.1, 0.15) is 21.5 Å². The summed E-state index contributed by atoms with van der Waals surface area (Å²) in [6.45, 7) is 2.14. The zero-order chi connectivity index (χ0) is 16.7. The van der Waals surface area contributed by atoms with E-state index in [9.17, 15) is 9.59 Å². The maximum absolute atomic E-state index is 12.3. The van der Waals surface area contributed by atoms with E-state index in [2.05, 4.69) is 10.6 Å². The third kappa shape index (κ3) is 2.56. The van der Waals surface area contributed by atoms with E-state index < -0.39 is 6.04 Å². The molecule has 1 atom stereocenters. The molecular weight excluding hydrogens is 308 g/mol. The zero-order valence-corrected chi connectivity index (χ0v) is 13.1. The summed E-state index contributed by atoms with van der Waals surface area (Å²) in [6, 6.07) is 10.2. The molecule has 6 heteroatoms. The number of rotatable bonds is 2. The van der Waals surface area contributed by atoms with Crippen LogP contribution in [0.25, 0.3) is 0 Å². The fourth-order valence-corrected chi connectivity index (χ4v) is 2.86. The van der Waals surface area contributed by atoms with Crippen LogP contribution in [0.3, 0.4) is 0 Å². The lowest BCUT2D eigenvalue weighted by molar-refractivity contribution is -0.118. The Labute approximate surface area is 138 Å². The molecule has 2 heterocycles. The average molecular weight is 324 g/mol. The summed E-state index contributed by atoms with van der Waals surface area (Å²) in [5.41, 5.74) is 3.22. The number of aryl methyl sites for hydroxylation is 1. The molecule has 2 aliphatic rings. The van der Waals surface area contributed by atoms with E-state index in [1.165, 1.54) is 0 Å². The standard InChI is InChI=1S/C18H16N2O4/c1-10-2-4-11(5-3-10)17(21)20-14-6-12-7-15-16(24-9-23-15)8-13(12)19-18(14)22/h2-5,7-8,14H,6,9H2,1H3,(H,19,22)(H,20,21). The number of amides is 2. The van der Waals surface area contributed by atoms with Crippen molar-refractivity contribution < 1.29 is 19.1 Å². The van der Waals surface area contributed by atoms with Crippen molar-refractivity contribution >= 4 is 17.5 Å². The molecule has 0 saturated carbocycles. The molecule has 2 aliphatic heterocycles. The van der Waals surface area contributed by atoms with Crippen LogP contribution < -0.4 is 20.1 Å². The molecule has 2 amide bonds. The van der Waals surface area contributed by atoms with Crippen LogP contribution in [0.4, 0.5) is 5.69 Å². The highest BCUT2D eigenvalue weighted by Crippen LogP contribution is 2.38. The number of ether oxygens (including phenoxy) is 2. The number of benzene rings is 2. The first kappa shape index (κ1) is 14.6. The predicted octanol–water partition coefficient (Wildman–Crippen LogP) is 2.02. The Morgan fingerprint density at radius 2 is 1.88 bits per heavy atom. The van der Waals surface area contributed by atoms with E-state index in [1.807, 2.05) is 25.1 Å². The van der Waals surface area contributed by atoms with E-state index in [4.69, 9.17) is 9.47 Å². The second-order valence-corrected chi connectivity index (χ2v) is 5.95. The quantitative estimate of drug-likeness (QED) is 0.886. The van der Waals surface area contributed by atoms with Gasteiger partial charge in [-0.15, -0.1) is 0 Å². The number of hydrogen-bond donors (Lipinski definition) is 2. The van der Waals surface area contributed by atoms with E-state index in [1.54, 1.807) is 18.2 Å². The van der Waals surface area contributed by atoms with Gasteiger partial charge in [0.2, 0.25) is 12.7 Å². The van der Waals surface area contributed by atoms with Gasteiger partial charge in [-0.05, 0) is 30.7 Å². The fourth-order valence-electron chi connectivity index (χ4n) is 2.86. The van der Waals surface area contributed by atoms with Gasteiger partial charge in [-0.25, -0.2) is 0 Å². The van der Waals surface area contributed by atoms with Gasteiger partial charge in [0.1, 0.15) is 6.04 Å². The summed E-state index contributed by atoms with van der Waals surface area (Å²) in [5, 5.41) is 5.61. The molecule has 2 N–H and O–H groups in total. The van der Waals surface area contributed by atoms with Gasteiger partial charge in [0.25, 0.3) is 5.91 Å². The molecule has 0 aliphatic carbocycles. The maximum atomic E-state index is 12.3. The Bertz CT molecular complexity index is 830. The van der Waals surface area contributed by atoms with Crippen molar-refractivity contribution in [2.24, 2.45) is 0 Å². The molecule has 1 unspecified atom stereocenters. The molecule has 0 saturated heterocycles. The Kier molecular flexibility index (Phi) is 3.37. The lowest BCUT2D eigenvalue weighted by Gasteiger charge is -2.25. The lowest BCUT2D eigenvalue weighted by Crippen LogP contribution is -2.47. The molecule has 0 spiro atoms. The Morgan fingerprint density at radius 3 is 2.62 bits per heavy atom. The summed E-state index contributed by atoms with van der Waals surface area (Å²) in [4.78, 5) is 24.6. The molecule has 0 bridgehead atoms. The van der Waals surface area contributed by atoms with Crippen molar-refractivity contribution in [3.8, 4) is 11.5 Å². The van der Waals surface area contributed by atoms with Gasteiger partial charge in [-0.3, -0.25) is 9.59 Å². The largest absolute Gasteiger partial charge is 0.454 e. The SMILES string of the molecule is Cc1ccc(C(=O)NC2Cc3cc4c(cc3NC2=O)OCO4)cc1. The highest BCUT2D eigenvalue weighted by Gasteiger charge is 2.30. The van der Waals surface area contributed by atoms with Crippen LogP contribution in [-0.4, -0.2) is 24.6 Å². The van der Waals surface area contributed by atoms with Crippen LogP contribution in [0.15, 0.2) is 36.4 Å². The Morgan fingerprint density at radius 1 is 1.17 bits per heavy atom. The van der Waals surface area contributed by atoms with Crippen LogP contribution in [-0.2, 0) is 11.2 Å². The highest BCUT2D eigenvalue weighted by atomic mass is 16.7. The molecular formula is C18H16N2O4. The summed E-state index contributed by atoms with van der Waals surface area (Å²) >= 11 is 0. The van der Waals surface area contributed by atoms with Gasteiger partial charge >= 0.3 is 0 Å². The average Bonchev–Trinajstić information content (AvgIpc) is 3.01. The first-order chi connectivity index (χ1) is 11.6. The monoisotopic (exact) mass is 324 g/mol. The second kappa shape index (κ2) is 5.56. The van der Waals surface area contributed by atoms with Crippen LogP contribution in [0.2, 0.25) is 0 Å². The van der Waals surface area contributed by atoms with Gasteiger partial charge < -0.3 is 20.1 Å². The van der Waals surface area contributed by atoms with Crippen molar-refractivity contribution in [1.82, 2.24) is 5.32 Å². The first-order valence-electron chi connectivity index (χ1n) is 7.71. The minimum absolute atomic E-state index is 0.180. The van der Waals surface area contributed by atoms with Gasteiger partial charge in [0.15, 0.2) is 11.5 Å². The molecule has 2 aromatic carbocycles. The summed E-state index contributed by atoms with van der Waals surface area (Å²) < 4.78 is 10.7. The van der Waals surface area contributed by atoms with Crippen molar-refractivity contribution in [3.63, 3.8) is 0 Å². The van der Waals surface area contributed by atoms with Crippen molar-refractivity contribution in [2.45, 2.75) is 19.4 Å². The number of carbonyl (C=O) groups excluding carboxylic acids is 2. The van der Waals surface area contributed by atoms with Crippen LogP contribution in [0, 0.1) is 6.92 Å². The molecule has 6 nitrogen and oxygen atoms in total. The molecule has 0 aromatic heterocycles. The fraction of sp³-hybridized carbons (Fsp3) is 0.222. The smallest absolute Gasteiger partial charge is 0.251 e. The van der Waals surface area contributed by atoms with Gasteiger partial charge in [-0.2, -0.15) is 0 Å².